The van der Waals surface area contributed by atoms with Gasteiger partial charge < -0.3 is 14.0 Å². The van der Waals surface area contributed by atoms with Gasteiger partial charge in [0.25, 0.3) is 0 Å². The SMILES string of the molecule is [2H]C([2H])([2H])c1cccc2nc(-c3[c-]ccc4c3oc3cc5c(ccc6ccccc65)cc34)n(-c3c(C(C)C)cc(-c4ccccc4)cc3C(C)C)c12.[Ir].[c-]1ccccc1-c1cc(-c2ccccc2)ccn1. The van der Waals surface area contributed by atoms with Crippen LogP contribution in [0.2, 0.25) is 0 Å². The fourth-order valence-electron chi connectivity index (χ4n) is 9.48. The summed E-state index contributed by atoms with van der Waals surface area (Å²) in [6.07, 6.45) is 1.85. The second kappa shape index (κ2) is 18.7. The maximum atomic E-state index is 8.65. The average Bonchev–Trinajstić information content (AvgIpc) is 3.96. The largest absolute Gasteiger partial charge is 0.501 e. The van der Waals surface area contributed by atoms with Crippen molar-refractivity contribution in [2.45, 2.75) is 46.4 Å². The van der Waals surface area contributed by atoms with Crippen LogP contribution in [0.4, 0.5) is 0 Å². The molecule has 0 saturated carbocycles. The van der Waals surface area contributed by atoms with E-state index in [1.807, 2.05) is 79.0 Å². The van der Waals surface area contributed by atoms with Crippen molar-refractivity contribution in [3.8, 4) is 50.6 Å². The molecule has 3 aromatic heterocycles. The van der Waals surface area contributed by atoms with E-state index in [0.29, 0.717) is 28.0 Å². The summed E-state index contributed by atoms with van der Waals surface area (Å²) >= 11 is 0. The predicted molar refractivity (Wildman–Crippen MR) is 280 cm³/mol. The van der Waals surface area contributed by atoms with E-state index in [2.05, 4.69) is 153 Å². The number of imidazole rings is 1. The number of para-hydroxylation sites is 1. The zero-order chi connectivity index (χ0) is 48.1. The third kappa shape index (κ3) is 8.12. The summed E-state index contributed by atoms with van der Waals surface area (Å²) in [6, 6.07) is 70.5. The molecule has 0 amide bonds. The smallest absolute Gasteiger partial charge is 0.121 e. The van der Waals surface area contributed by atoms with Gasteiger partial charge in [0, 0.05) is 41.5 Å². The molecule has 12 rings (SSSR count). The number of furan rings is 1. The van der Waals surface area contributed by atoms with Crippen molar-refractivity contribution in [3.63, 3.8) is 0 Å². The first-order valence-corrected chi connectivity index (χ1v) is 22.9. The van der Waals surface area contributed by atoms with Crippen molar-refractivity contribution < 1.29 is 28.6 Å². The van der Waals surface area contributed by atoms with E-state index in [1.54, 1.807) is 12.1 Å². The number of aryl methyl sites for hydroxylation is 1. The molecule has 9 aromatic carbocycles. The van der Waals surface area contributed by atoms with Gasteiger partial charge in [0.2, 0.25) is 0 Å². The molecule has 0 bridgehead atoms. The Bertz CT molecular complexity index is 3800. The number of pyridine rings is 1. The standard InChI is InChI=1S/C46H37N2O.C17H12N.Ir/c1-27(2)37-24-33(30-14-7-6-8-15-30)25-38(28(3)4)44(37)48-43-29(5)13-11-20-41(43)47-46(48)36-19-12-18-35-40-23-32-22-21-31-16-9-10-17-34(31)39(32)26-42(40)49-45(35)36;1-3-7-14(8-4-1)16-11-12-18-17(13-16)15-9-5-2-6-10-15;/h6-18,20-28H,1-5H3;1-9,11-13H;/q2*-1;/i5D3;;. The molecule has 0 aliphatic heterocycles. The molecule has 0 aliphatic carbocycles. The Morgan fingerprint density at radius 2 is 1.26 bits per heavy atom. The Morgan fingerprint density at radius 1 is 0.559 bits per heavy atom. The fourth-order valence-corrected chi connectivity index (χ4v) is 9.48. The summed E-state index contributed by atoms with van der Waals surface area (Å²) in [5, 5.41) is 6.59. The third-order valence-electron chi connectivity index (χ3n) is 12.8. The summed E-state index contributed by atoms with van der Waals surface area (Å²) in [4.78, 5) is 9.66. The summed E-state index contributed by atoms with van der Waals surface area (Å²) in [6.45, 7) is 6.42. The zero-order valence-corrected chi connectivity index (χ0v) is 40.6. The molecule has 0 fully saturated rings. The van der Waals surface area contributed by atoms with Crippen LogP contribution >= 0.6 is 0 Å². The minimum Gasteiger partial charge on any atom is -0.501 e. The van der Waals surface area contributed by atoms with Crippen molar-refractivity contribution in [1.29, 1.82) is 0 Å². The van der Waals surface area contributed by atoms with Crippen molar-refractivity contribution in [3.05, 3.63) is 223 Å². The van der Waals surface area contributed by atoms with Crippen molar-refractivity contribution in [2.24, 2.45) is 0 Å². The van der Waals surface area contributed by atoms with Crippen molar-refractivity contribution >= 4 is 54.5 Å². The Balaban J connectivity index is 0.000000257. The molecule has 0 spiro atoms. The Labute approximate surface area is 415 Å². The van der Waals surface area contributed by atoms with E-state index in [1.165, 1.54) is 21.9 Å². The molecule has 68 heavy (non-hydrogen) atoms. The predicted octanol–water partition coefficient (Wildman–Crippen LogP) is 17.1. The van der Waals surface area contributed by atoms with Crippen LogP contribution in [0.5, 0.6) is 0 Å². The first kappa shape index (κ1) is 40.8. The molecular weight excluding hydrogens is 1010 g/mol. The Kier molecular flexibility index (Phi) is 11.2. The van der Waals surface area contributed by atoms with Gasteiger partial charge in [-0.15, -0.1) is 54.1 Å². The number of hydrogen-bond donors (Lipinski definition) is 0. The van der Waals surface area contributed by atoms with Crippen LogP contribution in [-0.4, -0.2) is 14.5 Å². The van der Waals surface area contributed by atoms with Crippen LogP contribution in [0.1, 0.15) is 60.3 Å². The van der Waals surface area contributed by atoms with Crippen LogP contribution in [-0.2, 0) is 20.1 Å². The van der Waals surface area contributed by atoms with E-state index in [0.717, 1.165) is 66.3 Å². The van der Waals surface area contributed by atoms with Crippen molar-refractivity contribution in [1.82, 2.24) is 14.5 Å². The number of fused-ring (bicyclic) bond motifs is 7. The van der Waals surface area contributed by atoms with Gasteiger partial charge in [0.15, 0.2) is 0 Å². The molecule has 0 atom stereocenters. The third-order valence-corrected chi connectivity index (χ3v) is 12.8. The van der Waals surface area contributed by atoms with E-state index >= 15 is 0 Å². The van der Waals surface area contributed by atoms with Crippen molar-refractivity contribution in [2.75, 3.05) is 0 Å². The first-order valence-electron chi connectivity index (χ1n) is 24.4. The summed E-state index contributed by atoms with van der Waals surface area (Å²) in [5.74, 6) is 0.840. The van der Waals surface area contributed by atoms with Gasteiger partial charge in [0.05, 0.1) is 22.4 Å². The molecule has 0 saturated heterocycles. The summed E-state index contributed by atoms with van der Waals surface area (Å²) in [7, 11) is 0. The van der Waals surface area contributed by atoms with Gasteiger partial charge in [-0.2, -0.15) is 0 Å². The number of benzene rings is 9. The maximum absolute atomic E-state index is 8.65. The topological polar surface area (TPSA) is 43.9 Å². The molecule has 4 nitrogen and oxygen atoms in total. The molecule has 3 heterocycles. The van der Waals surface area contributed by atoms with Gasteiger partial charge in [-0.05, 0) is 121 Å². The molecule has 333 valence electrons. The number of aromatic nitrogens is 3. The van der Waals surface area contributed by atoms with Gasteiger partial charge >= 0.3 is 0 Å². The van der Waals surface area contributed by atoms with Crippen LogP contribution in [0.3, 0.4) is 0 Å². The average molecular weight is 1060 g/mol. The maximum Gasteiger partial charge on any atom is 0.121 e. The monoisotopic (exact) mass is 1060 g/mol. The zero-order valence-electron chi connectivity index (χ0n) is 41.2. The molecule has 12 aromatic rings. The Hall–Kier alpha value is -7.43. The molecule has 1 radical (unpaired) electrons. The van der Waals surface area contributed by atoms with Crippen LogP contribution in [0, 0.1) is 19.0 Å². The fraction of sp³-hybridized carbons (Fsp3) is 0.111. The molecule has 5 heteroatoms. The second-order valence-electron chi connectivity index (χ2n) is 17.7. The van der Waals surface area contributed by atoms with E-state index in [-0.39, 0.29) is 37.5 Å². The quantitative estimate of drug-likeness (QED) is 0.118. The molecule has 0 unspecified atom stereocenters. The molecular formula is C63H49IrN3O-2. The summed E-state index contributed by atoms with van der Waals surface area (Å²) in [5.41, 5.74) is 13.4. The first-order chi connectivity index (χ1) is 34.0. The molecule has 0 aliphatic rings. The minimum atomic E-state index is -2.37. The molecule has 0 N–H and O–H groups in total. The number of rotatable bonds is 7. The van der Waals surface area contributed by atoms with E-state index in [9.17, 15) is 0 Å². The van der Waals surface area contributed by atoms with E-state index in [4.69, 9.17) is 13.5 Å². The van der Waals surface area contributed by atoms with Gasteiger partial charge in [0.1, 0.15) is 5.58 Å². The summed E-state index contributed by atoms with van der Waals surface area (Å²) < 4.78 is 34.9. The second-order valence-corrected chi connectivity index (χ2v) is 17.7. The number of hydrogen-bond acceptors (Lipinski definition) is 3. The van der Waals surface area contributed by atoms with Crippen LogP contribution in [0.25, 0.3) is 105 Å². The van der Waals surface area contributed by atoms with Gasteiger partial charge in [-0.3, -0.25) is 4.98 Å². The van der Waals surface area contributed by atoms with Crippen LogP contribution < -0.4 is 0 Å². The van der Waals surface area contributed by atoms with Crippen LogP contribution in [0.15, 0.2) is 199 Å². The Morgan fingerprint density at radius 3 is 1.99 bits per heavy atom. The van der Waals surface area contributed by atoms with Gasteiger partial charge in [-0.1, -0.05) is 154 Å². The minimum absolute atomic E-state index is 0. The number of nitrogens with zero attached hydrogens (tertiary/aromatic N) is 3. The van der Waals surface area contributed by atoms with Gasteiger partial charge in [-0.25, -0.2) is 0 Å². The van der Waals surface area contributed by atoms with E-state index < -0.39 is 6.85 Å². The normalized spacial score (nSPS) is 12.3.